The highest BCUT2D eigenvalue weighted by molar-refractivity contribution is 5.84. The number of rotatable bonds is 9. The van der Waals surface area contributed by atoms with Crippen molar-refractivity contribution < 1.29 is 58.7 Å². The Balaban J connectivity index is 1.27. The van der Waals surface area contributed by atoms with Gasteiger partial charge in [0, 0.05) is 11.1 Å². The normalized spacial score (nSPS) is 27.8. The van der Waals surface area contributed by atoms with Crippen molar-refractivity contribution in [3.63, 3.8) is 0 Å². The second-order valence-corrected chi connectivity index (χ2v) is 13.1. The number of benzene rings is 3. The van der Waals surface area contributed by atoms with Gasteiger partial charge in [0.25, 0.3) is 5.79 Å². The maximum atomic E-state index is 11.9. The Morgan fingerprint density at radius 2 is 1.94 bits per heavy atom. The van der Waals surface area contributed by atoms with Crippen LogP contribution in [-0.4, -0.2) is 95.2 Å². The summed E-state index contributed by atoms with van der Waals surface area (Å²) < 4.78 is 36.9. The summed E-state index contributed by atoms with van der Waals surface area (Å²) in [4.78, 5) is 11.9. The minimum Gasteiger partial charge on any atom is -0.508 e. The van der Waals surface area contributed by atoms with Gasteiger partial charge in [0.05, 0.1) is 26.2 Å². The number of methoxy groups -OCH3 is 1. The summed E-state index contributed by atoms with van der Waals surface area (Å²) in [6, 6.07) is 12.1. The second-order valence-electron chi connectivity index (χ2n) is 13.1. The first-order valence-electron chi connectivity index (χ1n) is 16.2. The van der Waals surface area contributed by atoms with E-state index in [9.17, 15) is 30.3 Å². The van der Waals surface area contributed by atoms with Crippen LogP contribution in [0.2, 0.25) is 0 Å². The van der Waals surface area contributed by atoms with Gasteiger partial charge in [0.1, 0.15) is 42.6 Å². The van der Waals surface area contributed by atoms with Crippen LogP contribution < -0.4 is 34.3 Å². The van der Waals surface area contributed by atoms with E-state index in [0.29, 0.717) is 58.0 Å². The zero-order valence-electron chi connectivity index (χ0n) is 27.2. The number of phenols is 1. The quantitative estimate of drug-likeness (QED) is 0.129. The van der Waals surface area contributed by atoms with Crippen molar-refractivity contribution in [1.29, 1.82) is 0 Å². The third kappa shape index (κ3) is 5.63. The summed E-state index contributed by atoms with van der Waals surface area (Å²) in [5.41, 5.74) is 3.10. The predicted molar refractivity (Wildman–Crippen MR) is 173 cm³/mol. The minimum absolute atomic E-state index is 0.0151. The van der Waals surface area contributed by atoms with E-state index in [4.69, 9.17) is 28.4 Å². The van der Waals surface area contributed by atoms with Gasteiger partial charge in [-0.3, -0.25) is 5.32 Å². The molecule has 4 aliphatic heterocycles. The molecule has 0 unspecified atom stereocenters. The third-order valence-corrected chi connectivity index (χ3v) is 9.48. The second kappa shape index (κ2) is 12.8. The van der Waals surface area contributed by atoms with E-state index >= 15 is 0 Å². The van der Waals surface area contributed by atoms with E-state index in [-0.39, 0.29) is 30.6 Å². The van der Waals surface area contributed by atoms with Crippen molar-refractivity contribution in [1.82, 2.24) is 5.32 Å². The van der Waals surface area contributed by atoms with Crippen LogP contribution in [0.1, 0.15) is 43.4 Å². The average Bonchev–Trinajstić information content (AvgIpc) is 3.47. The van der Waals surface area contributed by atoms with Crippen molar-refractivity contribution in [2.24, 2.45) is 5.92 Å². The first-order chi connectivity index (χ1) is 23.5. The number of carboxylic acid groups (broad SMARTS) is 1. The Bertz CT molecular complexity index is 1750. The van der Waals surface area contributed by atoms with Crippen LogP contribution in [0.5, 0.6) is 34.5 Å². The van der Waals surface area contributed by atoms with Crippen LogP contribution in [-0.2, 0) is 9.53 Å². The lowest BCUT2D eigenvalue weighted by Crippen LogP contribution is -2.71. The van der Waals surface area contributed by atoms with E-state index in [1.807, 2.05) is 12.1 Å². The van der Waals surface area contributed by atoms with E-state index in [1.165, 1.54) is 6.07 Å². The van der Waals surface area contributed by atoms with Crippen molar-refractivity contribution in [2.45, 2.75) is 62.5 Å². The van der Waals surface area contributed by atoms with Gasteiger partial charge in [-0.1, -0.05) is 32.0 Å². The number of ether oxygens (including phenoxy) is 6. The Morgan fingerprint density at radius 1 is 1.12 bits per heavy atom. The Labute approximate surface area is 282 Å². The molecule has 0 radical (unpaired) electrons. The lowest BCUT2D eigenvalue weighted by atomic mass is 9.84. The zero-order valence-corrected chi connectivity index (χ0v) is 27.2. The molecule has 262 valence electrons. The van der Waals surface area contributed by atoms with E-state index in [0.717, 1.165) is 18.5 Å². The van der Waals surface area contributed by atoms with Crippen LogP contribution in [0.15, 0.2) is 42.5 Å². The molecule has 0 amide bonds. The van der Waals surface area contributed by atoms with Crippen molar-refractivity contribution in [2.75, 3.05) is 38.9 Å². The maximum absolute atomic E-state index is 11.9. The Morgan fingerprint density at radius 3 is 2.67 bits per heavy atom. The Hall–Kier alpha value is -4.47. The summed E-state index contributed by atoms with van der Waals surface area (Å²) in [7, 11) is 1.56. The van der Waals surface area contributed by atoms with Gasteiger partial charge < -0.3 is 59.3 Å². The number of anilines is 1. The van der Waals surface area contributed by atoms with Gasteiger partial charge in [-0.05, 0) is 54.3 Å². The molecule has 0 saturated carbocycles. The molecule has 7 N–H and O–H groups in total. The molecule has 7 rings (SSSR count). The van der Waals surface area contributed by atoms with Crippen LogP contribution >= 0.6 is 0 Å². The lowest BCUT2D eigenvalue weighted by Gasteiger charge is -2.49. The van der Waals surface area contributed by atoms with E-state index < -0.39 is 42.3 Å². The minimum atomic E-state index is -2.07. The molecule has 1 spiro atoms. The van der Waals surface area contributed by atoms with Crippen molar-refractivity contribution in [3.05, 3.63) is 53.6 Å². The largest absolute Gasteiger partial charge is 0.508 e. The zero-order chi connectivity index (χ0) is 34.6. The number of carboxylic acids is 1. The number of hydrogen-bond donors (Lipinski definition) is 7. The molecule has 4 heterocycles. The smallest absolute Gasteiger partial charge is 0.335 e. The van der Waals surface area contributed by atoms with Crippen LogP contribution in [0.3, 0.4) is 0 Å². The fraction of sp³-hybridized carbons (Fsp3) is 0.457. The van der Waals surface area contributed by atoms with Crippen LogP contribution in [0.4, 0.5) is 5.69 Å². The molecule has 1 saturated heterocycles. The van der Waals surface area contributed by atoms with Crippen LogP contribution in [0, 0.1) is 5.92 Å². The number of aliphatic hydroxyl groups excluding tert-OH is 3. The summed E-state index contributed by atoms with van der Waals surface area (Å²) >= 11 is 0. The standard InChI is InChI=1S/C35H40N2O12/c1-16(2)9-10-36-15-46-22-8-7-19-21-13-45-31-24(28(21)47-29(19)30(22)44-3)20(17-5-4-6-18(38)11-17)12-23-25(31)37-14-35(48-23)33(41)27(40)26(39)32(49-35)34(42)43/h4-8,11-12,16,21,26-28,32-33,36-41H,9-10,13-15H2,1-3H3,(H,42,43)/t21-,26-,27-,28-,32-,33+,35+/m0/s1. The van der Waals surface area contributed by atoms with E-state index in [2.05, 4.69) is 24.5 Å². The number of nitrogens with one attached hydrogen (secondary N) is 2. The molecule has 3 aromatic rings. The van der Waals surface area contributed by atoms with Crippen LogP contribution in [0.25, 0.3) is 11.1 Å². The molecule has 49 heavy (non-hydrogen) atoms. The highest BCUT2D eigenvalue weighted by Crippen LogP contribution is 2.61. The fourth-order valence-corrected chi connectivity index (χ4v) is 6.94. The summed E-state index contributed by atoms with van der Waals surface area (Å²) in [5, 5.41) is 58.4. The first kappa shape index (κ1) is 33.0. The fourth-order valence-electron chi connectivity index (χ4n) is 6.94. The maximum Gasteiger partial charge on any atom is 0.335 e. The number of carbonyl (C=O) groups is 1. The third-order valence-electron chi connectivity index (χ3n) is 9.48. The topological polar surface area (TPSA) is 198 Å². The SMILES string of the molecule is COc1c(OCNCCC(C)C)ccc2c1O[C@@H]1c3c(-c4cccc(O)c4)cc4c(c3OC[C@@H]21)NC[C@@]1(O4)O[C@H](C(=O)O)[C@@H](O)[C@H](O)[C@H]1O. The molecule has 3 aromatic carbocycles. The highest BCUT2D eigenvalue weighted by Gasteiger charge is 2.59. The van der Waals surface area contributed by atoms with Gasteiger partial charge >= 0.3 is 5.97 Å². The molecule has 1 fully saturated rings. The molecule has 0 aliphatic carbocycles. The summed E-state index contributed by atoms with van der Waals surface area (Å²) in [6.45, 7) is 5.37. The lowest BCUT2D eigenvalue weighted by molar-refractivity contribution is -0.325. The van der Waals surface area contributed by atoms with Gasteiger partial charge in [-0.25, -0.2) is 4.79 Å². The molecular formula is C35H40N2O12. The van der Waals surface area contributed by atoms with Crippen molar-refractivity contribution >= 4 is 11.7 Å². The van der Waals surface area contributed by atoms with Gasteiger partial charge in [0.2, 0.25) is 5.75 Å². The summed E-state index contributed by atoms with van der Waals surface area (Å²) in [5.74, 6) is -1.22. The molecule has 0 bridgehead atoms. The number of aliphatic carboxylic acids is 1. The summed E-state index contributed by atoms with van der Waals surface area (Å²) in [6.07, 6.45) is -6.98. The molecule has 14 nitrogen and oxygen atoms in total. The molecule has 4 aliphatic rings. The molecular weight excluding hydrogens is 640 g/mol. The van der Waals surface area contributed by atoms with E-state index in [1.54, 1.807) is 31.4 Å². The van der Waals surface area contributed by atoms with Gasteiger partial charge in [-0.2, -0.15) is 0 Å². The van der Waals surface area contributed by atoms with Crippen molar-refractivity contribution in [3.8, 4) is 45.6 Å². The predicted octanol–water partition coefficient (Wildman–Crippen LogP) is 2.72. The first-order valence-corrected chi connectivity index (χ1v) is 16.2. The molecule has 14 heteroatoms. The highest BCUT2D eigenvalue weighted by atomic mass is 16.7. The molecule has 7 atom stereocenters. The monoisotopic (exact) mass is 680 g/mol. The number of phenolic OH excluding ortho intramolecular Hbond substituents is 1. The number of hydrogen-bond acceptors (Lipinski definition) is 13. The molecule has 0 aromatic heterocycles. The number of aliphatic hydroxyl groups is 3. The number of aromatic hydroxyl groups is 1. The van der Waals surface area contributed by atoms with Gasteiger partial charge in [-0.15, -0.1) is 0 Å². The van der Waals surface area contributed by atoms with Gasteiger partial charge in [0.15, 0.2) is 29.1 Å². The average molecular weight is 681 g/mol. The Kier molecular flexibility index (Phi) is 8.61. The number of fused-ring (bicyclic) bond motifs is 7.